The van der Waals surface area contributed by atoms with Crippen LogP contribution < -0.4 is 21.3 Å². The summed E-state index contributed by atoms with van der Waals surface area (Å²) in [5, 5.41) is 10.3. The minimum Gasteiger partial charge on any atom is -0.377 e. The molecule has 0 unspecified atom stereocenters. The molecule has 0 saturated carbocycles. The van der Waals surface area contributed by atoms with Crippen molar-refractivity contribution in [2.45, 2.75) is 25.9 Å². The molecule has 0 spiro atoms. The van der Waals surface area contributed by atoms with Gasteiger partial charge in [-0.1, -0.05) is 0 Å². The molecule has 12 nitrogen and oxygen atoms in total. The molecule has 2 atom stereocenters. The van der Waals surface area contributed by atoms with E-state index in [2.05, 4.69) is 21.3 Å². The molecule has 1 aliphatic rings. The van der Waals surface area contributed by atoms with Crippen LogP contribution in [0.15, 0.2) is 0 Å². The average molecular weight is 432 g/mol. The van der Waals surface area contributed by atoms with Gasteiger partial charge in [-0.2, -0.15) is 0 Å². The molecule has 0 bridgehead atoms. The van der Waals surface area contributed by atoms with Crippen molar-refractivity contribution in [1.29, 1.82) is 0 Å². The molecule has 4 N–H and O–H groups in total. The topological polar surface area (TPSA) is 153 Å². The summed E-state index contributed by atoms with van der Waals surface area (Å²) < 4.78 is 21.0. The number of carbonyl (C=O) groups excluding carboxylic acids is 4. The highest BCUT2D eigenvalue weighted by Crippen LogP contribution is 1.88. The maximum Gasteiger partial charge on any atom is 0.246 e. The third kappa shape index (κ3) is 12.3. The minimum absolute atomic E-state index is 0.0919. The molecule has 12 heteroatoms. The Balaban J connectivity index is 2.43. The molecule has 4 amide bonds. The van der Waals surface area contributed by atoms with Gasteiger partial charge >= 0.3 is 0 Å². The van der Waals surface area contributed by atoms with E-state index in [-0.39, 0.29) is 38.2 Å². The van der Waals surface area contributed by atoms with E-state index in [0.717, 1.165) is 0 Å². The lowest BCUT2D eigenvalue weighted by Crippen LogP contribution is -2.47. The minimum atomic E-state index is -0.716. The van der Waals surface area contributed by atoms with Crippen LogP contribution in [0.3, 0.4) is 0 Å². The third-order valence-electron chi connectivity index (χ3n) is 3.84. The van der Waals surface area contributed by atoms with Crippen molar-refractivity contribution in [2.24, 2.45) is 0 Å². The lowest BCUT2D eigenvalue weighted by molar-refractivity contribution is -0.133. The van der Waals surface area contributed by atoms with Crippen LogP contribution in [0.25, 0.3) is 0 Å². The van der Waals surface area contributed by atoms with Crippen LogP contribution in [0.2, 0.25) is 0 Å². The molecule has 1 rings (SSSR count). The van der Waals surface area contributed by atoms with Gasteiger partial charge in [-0.25, -0.2) is 0 Å². The highest BCUT2D eigenvalue weighted by molar-refractivity contribution is 5.88. The molecule has 1 heterocycles. The van der Waals surface area contributed by atoms with E-state index < -0.39 is 23.9 Å². The van der Waals surface area contributed by atoms with Gasteiger partial charge in [0.2, 0.25) is 23.6 Å². The maximum atomic E-state index is 11.9. The van der Waals surface area contributed by atoms with E-state index in [1.54, 1.807) is 13.8 Å². The summed E-state index contributed by atoms with van der Waals surface area (Å²) in [5.41, 5.74) is 0. The lowest BCUT2D eigenvalue weighted by atomic mass is 10.3. The summed E-state index contributed by atoms with van der Waals surface area (Å²) in [5.74, 6) is -1.56. The van der Waals surface area contributed by atoms with E-state index in [9.17, 15) is 19.2 Å². The summed E-state index contributed by atoms with van der Waals surface area (Å²) >= 11 is 0. The number of ether oxygens (including phenoxy) is 4. The predicted octanol–water partition coefficient (Wildman–Crippen LogP) is -2.69. The molecule has 0 aromatic rings. The number of hydrogen-bond donors (Lipinski definition) is 4. The van der Waals surface area contributed by atoms with Crippen molar-refractivity contribution in [2.75, 3.05) is 65.9 Å². The fourth-order valence-corrected chi connectivity index (χ4v) is 2.27. The first-order valence-corrected chi connectivity index (χ1v) is 9.85. The van der Waals surface area contributed by atoms with Crippen molar-refractivity contribution >= 4 is 23.6 Å². The number of carbonyl (C=O) groups is 4. The Kier molecular flexibility index (Phi) is 13.3. The fraction of sp³-hybridized carbons (Fsp3) is 0.778. The average Bonchev–Trinajstić information content (AvgIpc) is 2.70. The normalized spacial score (nSPS) is 25.8. The summed E-state index contributed by atoms with van der Waals surface area (Å²) in [6.45, 7) is 4.68. The largest absolute Gasteiger partial charge is 0.377 e. The van der Waals surface area contributed by atoms with Crippen molar-refractivity contribution in [3.63, 3.8) is 0 Å². The van der Waals surface area contributed by atoms with E-state index >= 15 is 0 Å². The Morgan fingerprint density at radius 2 is 0.967 bits per heavy atom. The molecule has 0 aromatic carbocycles. The van der Waals surface area contributed by atoms with Gasteiger partial charge in [0.15, 0.2) is 0 Å². The van der Waals surface area contributed by atoms with Crippen LogP contribution in [0, 0.1) is 0 Å². The zero-order valence-electron chi connectivity index (χ0n) is 17.5. The van der Waals surface area contributed by atoms with Crippen LogP contribution in [-0.4, -0.2) is 102 Å². The van der Waals surface area contributed by atoms with Gasteiger partial charge < -0.3 is 40.2 Å². The Hall–Kier alpha value is -2.28. The van der Waals surface area contributed by atoms with E-state index in [0.29, 0.717) is 39.5 Å². The first-order valence-electron chi connectivity index (χ1n) is 9.85. The van der Waals surface area contributed by atoms with Crippen molar-refractivity contribution in [1.82, 2.24) is 21.3 Å². The van der Waals surface area contributed by atoms with Crippen LogP contribution >= 0.6 is 0 Å². The summed E-state index contributed by atoms with van der Waals surface area (Å²) in [7, 11) is 0. The predicted molar refractivity (Wildman–Crippen MR) is 105 cm³/mol. The molecule has 0 aliphatic carbocycles. The van der Waals surface area contributed by atoms with Crippen molar-refractivity contribution in [3.8, 4) is 0 Å². The number of hydrogen-bond acceptors (Lipinski definition) is 8. The van der Waals surface area contributed by atoms with Crippen molar-refractivity contribution in [3.05, 3.63) is 0 Å². The van der Waals surface area contributed by atoms with E-state index in [4.69, 9.17) is 18.9 Å². The summed E-state index contributed by atoms with van der Waals surface area (Å²) in [6, 6.07) is -1.43. The van der Waals surface area contributed by atoms with E-state index in [1.165, 1.54) is 0 Å². The molecule has 0 radical (unpaired) electrons. The van der Waals surface area contributed by atoms with Crippen LogP contribution in [-0.2, 0) is 38.1 Å². The molecule has 1 aliphatic heterocycles. The molecule has 1 fully saturated rings. The fourth-order valence-electron chi connectivity index (χ4n) is 2.27. The first-order chi connectivity index (χ1) is 14.4. The highest BCUT2D eigenvalue weighted by atomic mass is 16.5. The Morgan fingerprint density at radius 3 is 1.37 bits per heavy atom. The quantitative estimate of drug-likeness (QED) is 0.323. The Labute approximate surface area is 175 Å². The van der Waals surface area contributed by atoms with Gasteiger partial charge in [0.05, 0.1) is 39.6 Å². The van der Waals surface area contributed by atoms with Crippen LogP contribution in [0.5, 0.6) is 0 Å². The molecular formula is C18H32N4O8. The van der Waals surface area contributed by atoms with Gasteiger partial charge in [0, 0.05) is 13.1 Å². The molecule has 172 valence electrons. The van der Waals surface area contributed by atoms with Gasteiger partial charge in [-0.15, -0.1) is 0 Å². The number of rotatable bonds is 0. The molecule has 30 heavy (non-hydrogen) atoms. The molecular weight excluding hydrogens is 400 g/mol. The zero-order valence-corrected chi connectivity index (χ0v) is 17.5. The third-order valence-corrected chi connectivity index (χ3v) is 3.84. The standard InChI is InChI=1S/C18H32N4O8/c1-13-17(25)19-3-5-27-7-8-28-6-4-20-18(26)14(2)22-16(24)12-30-10-9-29-11-15(23)21-13/h13-14H,3-12H2,1-2H3,(H,19,25)(H,20,26)(H,21,23)(H,22,24)/t13-,14-/m0/s1. The van der Waals surface area contributed by atoms with Gasteiger partial charge in [-0.05, 0) is 13.8 Å². The second kappa shape index (κ2) is 15.5. The number of nitrogens with one attached hydrogen (secondary N) is 4. The lowest BCUT2D eigenvalue weighted by Gasteiger charge is -2.15. The molecule has 0 aromatic heterocycles. The smallest absolute Gasteiger partial charge is 0.246 e. The monoisotopic (exact) mass is 432 g/mol. The first kappa shape index (κ1) is 25.8. The summed E-state index contributed by atoms with van der Waals surface area (Å²) in [6.07, 6.45) is 0. The number of amides is 4. The highest BCUT2D eigenvalue weighted by Gasteiger charge is 2.16. The van der Waals surface area contributed by atoms with E-state index in [1.807, 2.05) is 0 Å². The maximum absolute atomic E-state index is 11.9. The second-order valence-electron chi connectivity index (χ2n) is 6.49. The molecule has 1 saturated heterocycles. The Morgan fingerprint density at radius 1 is 0.600 bits per heavy atom. The van der Waals surface area contributed by atoms with Gasteiger partial charge in [0.1, 0.15) is 25.3 Å². The van der Waals surface area contributed by atoms with Crippen LogP contribution in [0.1, 0.15) is 13.8 Å². The second-order valence-corrected chi connectivity index (χ2v) is 6.49. The van der Waals surface area contributed by atoms with Crippen molar-refractivity contribution < 1.29 is 38.1 Å². The van der Waals surface area contributed by atoms with Crippen LogP contribution in [0.4, 0.5) is 0 Å². The SMILES string of the molecule is C[C@@H]1NC(=O)COCCOCC(=O)N[C@@H](C)C(=O)NCCOCCOCCNC1=O. The zero-order chi connectivity index (χ0) is 22.2. The summed E-state index contributed by atoms with van der Waals surface area (Å²) in [4.78, 5) is 47.4. The van der Waals surface area contributed by atoms with Gasteiger partial charge in [0.25, 0.3) is 0 Å². The Bertz CT molecular complexity index is 512. The van der Waals surface area contributed by atoms with Gasteiger partial charge in [-0.3, -0.25) is 19.2 Å².